The number of rotatable bonds is 16. The Hall–Kier alpha value is -6.07. The summed E-state index contributed by atoms with van der Waals surface area (Å²) in [5.74, 6) is -3.23. The second-order valence-electron chi connectivity index (χ2n) is 18.5. The topological polar surface area (TPSA) is 203 Å². The van der Waals surface area contributed by atoms with Crippen LogP contribution >= 0.6 is 0 Å². The first-order valence-electron chi connectivity index (χ1n) is 21.4. The van der Waals surface area contributed by atoms with Gasteiger partial charge in [-0.2, -0.15) is 0 Å². The standard InChI is InChI=1S/C47H60FN5O10Si/c1-28-21-35-40(53(26-36(41(35)54)44(57)58)27-62-19-20-64(6,7)8)24-34(28)31-13-9-29(10-14-31)22-39(43(56)50-33-17-18-38(37(48)23-33)52-46(60)61-5)51-42(55)32-15-11-30(12-16-32)25-49-45(59)63-47(2,3)4/h9-10,13-14,17-18,21,23-24,26,30,32,39H,11-12,15-16,19-20,22,25,27H2,1-8H3,(H,49,59)(H,50,56)(H,51,55)(H,52,60)(H,57,58)/t30?,32?,39-/m0/s1. The molecule has 1 fully saturated rings. The lowest BCUT2D eigenvalue weighted by molar-refractivity contribution is -0.130. The molecule has 4 aromatic rings. The predicted molar refractivity (Wildman–Crippen MR) is 246 cm³/mol. The number of hydrogen-bond acceptors (Lipinski definition) is 9. The number of aryl methyl sites for hydroxylation is 1. The van der Waals surface area contributed by atoms with Gasteiger partial charge in [-0.25, -0.2) is 18.8 Å². The molecule has 1 aromatic heterocycles. The van der Waals surface area contributed by atoms with E-state index in [0.29, 0.717) is 49.9 Å². The van der Waals surface area contributed by atoms with Crippen molar-refractivity contribution in [2.45, 2.75) is 104 Å². The molecule has 1 saturated carbocycles. The van der Waals surface area contributed by atoms with Crippen LogP contribution in [0.5, 0.6) is 0 Å². The lowest BCUT2D eigenvalue weighted by Crippen LogP contribution is -2.48. The number of pyridine rings is 1. The summed E-state index contributed by atoms with van der Waals surface area (Å²) in [6, 6.07) is 14.5. The van der Waals surface area contributed by atoms with Gasteiger partial charge in [0.15, 0.2) is 0 Å². The summed E-state index contributed by atoms with van der Waals surface area (Å²) in [7, 11) is -0.241. The molecule has 0 aliphatic heterocycles. The van der Waals surface area contributed by atoms with Crippen LogP contribution in [0.15, 0.2) is 65.6 Å². The molecule has 3 aromatic carbocycles. The van der Waals surface area contributed by atoms with Gasteiger partial charge in [0.05, 0.1) is 18.3 Å². The average Bonchev–Trinajstić information content (AvgIpc) is 3.22. The van der Waals surface area contributed by atoms with Crippen LogP contribution in [0.1, 0.15) is 67.9 Å². The molecule has 0 spiro atoms. The second kappa shape index (κ2) is 21.1. The molecule has 5 N–H and O–H groups in total. The molecule has 15 nitrogen and oxygen atoms in total. The highest BCUT2D eigenvalue weighted by Gasteiger charge is 2.31. The van der Waals surface area contributed by atoms with Gasteiger partial charge in [0.25, 0.3) is 0 Å². The van der Waals surface area contributed by atoms with Gasteiger partial charge in [-0.1, -0.05) is 43.9 Å². The number of anilines is 2. The van der Waals surface area contributed by atoms with Gasteiger partial charge in [0.2, 0.25) is 17.2 Å². The number of alkyl carbamates (subject to hydrolysis) is 1. The van der Waals surface area contributed by atoms with E-state index in [4.69, 9.17) is 9.47 Å². The van der Waals surface area contributed by atoms with Crippen LogP contribution in [0.4, 0.5) is 25.4 Å². The van der Waals surface area contributed by atoms with Crippen molar-refractivity contribution in [3.8, 4) is 11.1 Å². The Morgan fingerprint density at radius 3 is 2.23 bits per heavy atom. The number of benzene rings is 3. The summed E-state index contributed by atoms with van der Waals surface area (Å²) in [6.07, 6.45) is 2.53. The number of ether oxygens (including phenoxy) is 3. The molecule has 0 radical (unpaired) electrons. The highest BCUT2D eigenvalue weighted by molar-refractivity contribution is 6.76. The zero-order valence-corrected chi connectivity index (χ0v) is 38.8. The van der Waals surface area contributed by atoms with Gasteiger partial charge in [0.1, 0.15) is 29.8 Å². The van der Waals surface area contributed by atoms with Gasteiger partial charge >= 0.3 is 18.2 Å². The van der Waals surface area contributed by atoms with E-state index < -0.39 is 55.0 Å². The Morgan fingerprint density at radius 1 is 0.938 bits per heavy atom. The number of carboxylic acids is 1. The van der Waals surface area contributed by atoms with Gasteiger partial charge in [0, 0.05) is 50.8 Å². The lowest BCUT2D eigenvalue weighted by atomic mass is 9.81. The van der Waals surface area contributed by atoms with E-state index in [2.05, 4.69) is 45.6 Å². The Morgan fingerprint density at radius 2 is 1.62 bits per heavy atom. The Bertz CT molecular complexity index is 2420. The van der Waals surface area contributed by atoms with Gasteiger partial charge in [-0.15, -0.1) is 0 Å². The number of halogens is 1. The number of fused-ring (bicyclic) bond motifs is 1. The van der Waals surface area contributed by atoms with Crippen LogP contribution in [0.3, 0.4) is 0 Å². The monoisotopic (exact) mass is 901 g/mol. The average molecular weight is 902 g/mol. The maximum Gasteiger partial charge on any atom is 0.411 e. The van der Waals surface area contributed by atoms with Gasteiger partial charge < -0.3 is 39.8 Å². The number of aromatic nitrogens is 1. The minimum absolute atomic E-state index is 0.0616. The van der Waals surface area contributed by atoms with Crippen LogP contribution in [0.2, 0.25) is 25.7 Å². The number of nitrogens with one attached hydrogen (secondary N) is 4. The summed E-state index contributed by atoms with van der Waals surface area (Å²) >= 11 is 0. The van der Waals surface area contributed by atoms with Crippen molar-refractivity contribution in [2.75, 3.05) is 30.9 Å². The first kappa shape index (κ1) is 49.0. The van der Waals surface area contributed by atoms with Crippen molar-refractivity contribution in [1.29, 1.82) is 0 Å². The van der Waals surface area contributed by atoms with E-state index >= 15 is 0 Å². The summed E-state index contributed by atoms with van der Waals surface area (Å²) in [5.41, 5.74) is 1.97. The SMILES string of the molecule is COC(=O)Nc1ccc(NC(=O)[C@H](Cc2ccc(-c3cc4c(cc3C)c(=O)c(C(=O)O)cn4COCC[Si](C)(C)C)cc2)NC(=O)C2CCC(CNC(=O)OC(C)(C)C)CC2)cc1F. The van der Waals surface area contributed by atoms with Crippen molar-refractivity contribution in [1.82, 2.24) is 15.2 Å². The molecular weight excluding hydrogens is 842 g/mol. The van der Waals surface area contributed by atoms with Gasteiger partial charge in [-0.3, -0.25) is 19.7 Å². The number of carbonyl (C=O) groups excluding carboxylic acids is 4. The Labute approximate surface area is 373 Å². The maximum absolute atomic E-state index is 14.9. The number of nitrogens with zero attached hydrogens (tertiary/aromatic N) is 1. The summed E-state index contributed by atoms with van der Waals surface area (Å²) in [6.45, 7) is 14.9. The first-order chi connectivity index (χ1) is 30.1. The molecule has 1 aliphatic carbocycles. The number of aromatic carboxylic acids is 1. The van der Waals surface area contributed by atoms with Crippen molar-refractivity contribution in [3.63, 3.8) is 0 Å². The zero-order chi connectivity index (χ0) is 46.9. The molecule has 344 valence electrons. The van der Waals surface area contributed by atoms with Crippen molar-refractivity contribution in [2.24, 2.45) is 11.8 Å². The molecule has 17 heteroatoms. The molecule has 0 saturated heterocycles. The highest BCUT2D eigenvalue weighted by Crippen LogP contribution is 2.31. The minimum atomic E-state index is -1.39. The fraction of sp³-hybridized carbons (Fsp3) is 0.447. The van der Waals surface area contributed by atoms with E-state index in [9.17, 15) is 38.3 Å². The Balaban J connectivity index is 1.36. The molecule has 5 rings (SSSR count). The number of hydrogen-bond donors (Lipinski definition) is 5. The van der Waals surface area contributed by atoms with Crippen molar-refractivity contribution in [3.05, 3.63) is 93.5 Å². The molecule has 1 atom stereocenters. The summed E-state index contributed by atoms with van der Waals surface area (Å²) in [4.78, 5) is 76.9. The summed E-state index contributed by atoms with van der Waals surface area (Å²) in [5, 5.41) is 20.8. The molecular formula is C47H60FN5O10Si. The third kappa shape index (κ3) is 13.7. The second-order valence-corrected chi connectivity index (χ2v) is 24.2. The third-order valence-electron chi connectivity index (χ3n) is 11.0. The largest absolute Gasteiger partial charge is 0.477 e. The van der Waals surface area contributed by atoms with Crippen LogP contribution in [-0.2, 0) is 37.0 Å². The van der Waals surface area contributed by atoms with Crippen LogP contribution in [0.25, 0.3) is 22.0 Å². The third-order valence-corrected chi connectivity index (χ3v) is 12.7. The van der Waals surface area contributed by atoms with Gasteiger partial charge in [-0.05, 0) is 118 Å². The molecule has 0 unspecified atom stereocenters. The molecule has 0 bridgehead atoms. The zero-order valence-electron chi connectivity index (χ0n) is 37.8. The van der Waals surface area contributed by atoms with E-state index in [0.717, 1.165) is 35.9 Å². The quantitative estimate of drug-likeness (QED) is 0.0538. The molecule has 4 amide bonds. The van der Waals surface area contributed by atoms with E-state index in [1.807, 2.05) is 37.3 Å². The van der Waals surface area contributed by atoms with Crippen LogP contribution < -0.4 is 26.7 Å². The number of carbonyl (C=O) groups is 5. The van der Waals surface area contributed by atoms with Crippen LogP contribution in [0, 0.1) is 24.6 Å². The molecule has 64 heavy (non-hydrogen) atoms. The lowest BCUT2D eigenvalue weighted by Gasteiger charge is -2.29. The number of amides is 4. The van der Waals surface area contributed by atoms with Crippen molar-refractivity contribution >= 4 is 60.3 Å². The fourth-order valence-electron chi connectivity index (χ4n) is 7.47. The maximum atomic E-state index is 14.9. The smallest absolute Gasteiger partial charge is 0.411 e. The van der Waals surface area contributed by atoms with E-state index in [1.165, 1.54) is 18.3 Å². The minimum Gasteiger partial charge on any atom is -0.477 e. The Kier molecular flexibility index (Phi) is 16.1. The van der Waals surface area contributed by atoms with E-state index in [-0.39, 0.29) is 53.2 Å². The molecule has 1 heterocycles. The number of carboxylic acid groups (broad SMARTS) is 1. The predicted octanol–water partition coefficient (Wildman–Crippen LogP) is 8.30. The normalized spacial score (nSPS) is 15.8. The molecule has 1 aliphatic rings. The highest BCUT2D eigenvalue weighted by atomic mass is 28.3. The van der Waals surface area contributed by atoms with Crippen LogP contribution in [-0.4, -0.2) is 79.6 Å². The first-order valence-corrected chi connectivity index (χ1v) is 25.1. The van der Waals surface area contributed by atoms with Crippen molar-refractivity contribution < 1.29 is 47.7 Å². The summed E-state index contributed by atoms with van der Waals surface area (Å²) < 4.78 is 32.4. The van der Waals surface area contributed by atoms with E-state index in [1.54, 1.807) is 31.4 Å². The fourth-order valence-corrected chi connectivity index (χ4v) is 8.22. The number of methoxy groups -OCH3 is 1.